The van der Waals surface area contributed by atoms with Gasteiger partial charge in [-0.3, -0.25) is 0 Å². The molecule has 5 nitrogen and oxygen atoms in total. The number of hydrogen-bond donors (Lipinski definition) is 2. The van der Waals surface area contributed by atoms with Crippen molar-refractivity contribution in [2.45, 2.75) is 58.7 Å². The van der Waals surface area contributed by atoms with E-state index in [9.17, 15) is 4.39 Å². The molecule has 0 spiro atoms. The Kier molecular flexibility index (Phi) is 6.46. The van der Waals surface area contributed by atoms with E-state index in [0.29, 0.717) is 12.4 Å². The molecule has 6 heteroatoms. The SMILES string of the molecule is CCC(F)c1nc(N)nc(N[C@@H](C)CCCc2ccc(C)cc2)n1. The van der Waals surface area contributed by atoms with Crippen molar-refractivity contribution in [3.63, 3.8) is 0 Å². The van der Waals surface area contributed by atoms with Gasteiger partial charge in [0, 0.05) is 6.04 Å². The van der Waals surface area contributed by atoms with E-state index in [-0.39, 0.29) is 17.8 Å². The number of alkyl halides is 1. The molecule has 1 heterocycles. The first-order chi connectivity index (χ1) is 11.5. The van der Waals surface area contributed by atoms with Crippen LogP contribution in [0.4, 0.5) is 16.3 Å². The highest BCUT2D eigenvalue weighted by atomic mass is 19.1. The number of nitrogens with two attached hydrogens (primary N) is 1. The standard InChI is InChI=1S/C18H26FN5/c1-4-15(19)16-22-17(20)24-18(23-16)21-13(3)6-5-7-14-10-8-12(2)9-11-14/h8-11,13,15H,4-7H2,1-3H3,(H3,20,21,22,23,24)/t13-,15?/m0/s1. The molecule has 0 saturated carbocycles. The molecule has 0 aliphatic carbocycles. The summed E-state index contributed by atoms with van der Waals surface area (Å²) in [4.78, 5) is 12.0. The molecule has 0 aliphatic heterocycles. The van der Waals surface area contributed by atoms with Crippen LogP contribution in [-0.4, -0.2) is 21.0 Å². The lowest BCUT2D eigenvalue weighted by molar-refractivity contribution is 0.318. The van der Waals surface area contributed by atoms with Crippen LogP contribution in [0.3, 0.4) is 0 Å². The molecule has 1 aromatic carbocycles. The first-order valence-electron chi connectivity index (χ1n) is 8.45. The summed E-state index contributed by atoms with van der Waals surface area (Å²) < 4.78 is 13.7. The van der Waals surface area contributed by atoms with Crippen molar-refractivity contribution < 1.29 is 4.39 Å². The van der Waals surface area contributed by atoms with Crippen LogP contribution in [0.2, 0.25) is 0 Å². The van der Waals surface area contributed by atoms with Crippen molar-refractivity contribution in [3.8, 4) is 0 Å². The predicted octanol–water partition coefficient (Wildman–Crippen LogP) is 4.01. The fourth-order valence-electron chi connectivity index (χ4n) is 2.46. The Morgan fingerprint density at radius 1 is 1.17 bits per heavy atom. The van der Waals surface area contributed by atoms with Gasteiger partial charge in [0.1, 0.15) is 0 Å². The number of nitrogens with zero attached hydrogens (tertiary/aromatic N) is 3. The van der Waals surface area contributed by atoms with Crippen molar-refractivity contribution in [2.75, 3.05) is 11.1 Å². The summed E-state index contributed by atoms with van der Waals surface area (Å²) in [6.07, 6.45) is 2.13. The lowest BCUT2D eigenvalue weighted by Gasteiger charge is -2.15. The van der Waals surface area contributed by atoms with Crippen molar-refractivity contribution in [1.29, 1.82) is 0 Å². The highest BCUT2D eigenvalue weighted by Gasteiger charge is 2.14. The maximum absolute atomic E-state index is 13.7. The molecule has 0 fully saturated rings. The highest BCUT2D eigenvalue weighted by Crippen LogP contribution is 2.19. The zero-order valence-electron chi connectivity index (χ0n) is 14.6. The number of hydrogen-bond acceptors (Lipinski definition) is 5. The van der Waals surface area contributed by atoms with Crippen molar-refractivity contribution in [2.24, 2.45) is 0 Å². The van der Waals surface area contributed by atoms with E-state index in [0.717, 1.165) is 19.3 Å². The summed E-state index contributed by atoms with van der Waals surface area (Å²) in [5.74, 6) is 0.487. The fourth-order valence-corrected chi connectivity index (χ4v) is 2.46. The minimum absolute atomic E-state index is 0.0467. The second-order valence-electron chi connectivity index (χ2n) is 6.17. The molecule has 1 unspecified atom stereocenters. The van der Waals surface area contributed by atoms with Crippen LogP contribution in [0.15, 0.2) is 24.3 Å². The molecule has 2 rings (SSSR count). The topological polar surface area (TPSA) is 76.7 Å². The molecule has 0 amide bonds. The van der Waals surface area contributed by atoms with Crippen molar-refractivity contribution in [1.82, 2.24) is 15.0 Å². The first-order valence-corrected chi connectivity index (χ1v) is 8.45. The number of anilines is 2. The maximum atomic E-state index is 13.7. The largest absolute Gasteiger partial charge is 0.368 e. The van der Waals surface area contributed by atoms with Gasteiger partial charge >= 0.3 is 0 Å². The average molecular weight is 331 g/mol. The van der Waals surface area contributed by atoms with E-state index in [2.05, 4.69) is 58.4 Å². The number of nitrogens with one attached hydrogen (secondary N) is 1. The molecule has 24 heavy (non-hydrogen) atoms. The Balaban J connectivity index is 1.86. The summed E-state index contributed by atoms with van der Waals surface area (Å²) in [7, 11) is 0. The minimum atomic E-state index is -1.22. The molecular formula is C18H26FN5. The maximum Gasteiger partial charge on any atom is 0.228 e. The molecule has 0 aliphatic rings. The Labute approximate surface area is 142 Å². The Morgan fingerprint density at radius 2 is 1.88 bits per heavy atom. The monoisotopic (exact) mass is 331 g/mol. The molecule has 130 valence electrons. The van der Waals surface area contributed by atoms with Gasteiger partial charge in [-0.05, 0) is 45.1 Å². The number of rotatable bonds is 8. The van der Waals surface area contributed by atoms with E-state index in [1.165, 1.54) is 11.1 Å². The van der Waals surface area contributed by atoms with Crippen LogP contribution in [0, 0.1) is 6.92 Å². The number of benzene rings is 1. The Morgan fingerprint density at radius 3 is 2.54 bits per heavy atom. The third-order valence-electron chi connectivity index (χ3n) is 3.91. The smallest absolute Gasteiger partial charge is 0.228 e. The van der Waals surface area contributed by atoms with Crippen LogP contribution >= 0.6 is 0 Å². The van der Waals surface area contributed by atoms with Crippen LogP contribution in [0.1, 0.15) is 56.2 Å². The number of aromatic nitrogens is 3. The number of nitrogen functional groups attached to an aromatic ring is 1. The average Bonchev–Trinajstić information content (AvgIpc) is 2.55. The summed E-state index contributed by atoms with van der Waals surface area (Å²) in [6, 6.07) is 8.77. The van der Waals surface area contributed by atoms with E-state index in [1.807, 2.05) is 0 Å². The second-order valence-corrected chi connectivity index (χ2v) is 6.17. The zero-order valence-corrected chi connectivity index (χ0v) is 14.6. The molecular weight excluding hydrogens is 305 g/mol. The van der Waals surface area contributed by atoms with E-state index in [4.69, 9.17) is 5.73 Å². The summed E-state index contributed by atoms with van der Waals surface area (Å²) in [5.41, 5.74) is 8.26. The zero-order chi connectivity index (χ0) is 17.5. The van der Waals surface area contributed by atoms with Gasteiger partial charge in [-0.15, -0.1) is 0 Å². The van der Waals surface area contributed by atoms with Crippen molar-refractivity contribution in [3.05, 3.63) is 41.2 Å². The summed E-state index contributed by atoms with van der Waals surface area (Å²) >= 11 is 0. The van der Waals surface area contributed by atoms with Crippen LogP contribution in [-0.2, 0) is 6.42 Å². The molecule has 0 saturated heterocycles. The van der Waals surface area contributed by atoms with Gasteiger partial charge in [0.15, 0.2) is 12.0 Å². The summed E-state index contributed by atoms with van der Waals surface area (Å²) in [5, 5.41) is 3.19. The lowest BCUT2D eigenvalue weighted by Crippen LogP contribution is -2.19. The Hall–Kier alpha value is -2.24. The van der Waals surface area contributed by atoms with E-state index >= 15 is 0 Å². The molecule has 0 radical (unpaired) electrons. The normalized spacial score (nSPS) is 13.5. The van der Waals surface area contributed by atoms with E-state index < -0.39 is 6.17 Å². The number of halogens is 1. The minimum Gasteiger partial charge on any atom is -0.368 e. The van der Waals surface area contributed by atoms with Gasteiger partial charge in [-0.1, -0.05) is 36.8 Å². The quantitative estimate of drug-likeness (QED) is 0.764. The molecule has 3 N–H and O–H groups in total. The van der Waals surface area contributed by atoms with Gasteiger partial charge in [-0.25, -0.2) is 4.39 Å². The van der Waals surface area contributed by atoms with Crippen LogP contribution < -0.4 is 11.1 Å². The van der Waals surface area contributed by atoms with E-state index in [1.54, 1.807) is 6.92 Å². The first kappa shape index (κ1) is 18.1. The molecule has 2 atom stereocenters. The fraction of sp³-hybridized carbons (Fsp3) is 0.500. The van der Waals surface area contributed by atoms with Crippen LogP contribution in [0.5, 0.6) is 0 Å². The van der Waals surface area contributed by atoms with Gasteiger partial charge < -0.3 is 11.1 Å². The lowest BCUT2D eigenvalue weighted by atomic mass is 10.0. The van der Waals surface area contributed by atoms with Gasteiger partial charge in [0.2, 0.25) is 11.9 Å². The van der Waals surface area contributed by atoms with Gasteiger partial charge in [0.25, 0.3) is 0 Å². The van der Waals surface area contributed by atoms with Gasteiger partial charge in [0.05, 0.1) is 0 Å². The van der Waals surface area contributed by atoms with Gasteiger partial charge in [-0.2, -0.15) is 15.0 Å². The highest BCUT2D eigenvalue weighted by molar-refractivity contribution is 5.32. The Bertz CT molecular complexity index is 644. The predicted molar refractivity (Wildman–Crippen MR) is 95.6 cm³/mol. The summed E-state index contributed by atoms with van der Waals surface area (Å²) in [6.45, 7) is 5.89. The molecule has 0 bridgehead atoms. The molecule has 2 aromatic rings. The van der Waals surface area contributed by atoms with Crippen molar-refractivity contribution >= 4 is 11.9 Å². The third kappa shape index (κ3) is 5.44. The molecule has 1 aromatic heterocycles. The second kappa shape index (κ2) is 8.57. The van der Waals surface area contributed by atoms with Crippen LogP contribution in [0.25, 0.3) is 0 Å². The number of aryl methyl sites for hydroxylation is 2. The third-order valence-corrected chi connectivity index (χ3v) is 3.91.